The molecule has 0 aromatic heterocycles. The van der Waals surface area contributed by atoms with Gasteiger partial charge in [-0.15, -0.1) is 0 Å². The highest BCUT2D eigenvalue weighted by Gasteiger charge is 2.24. The monoisotopic (exact) mass is 409 g/mol. The number of nitrogens with one attached hydrogen (secondary N) is 1. The van der Waals surface area contributed by atoms with Crippen molar-refractivity contribution in [2.24, 2.45) is 0 Å². The van der Waals surface area contributed by atoms with Crippen LogP contribution in [0.25, 0.3) is 0 Å². The lowest BCUT2D eigenvalue weighted by molar-refractivity contribution is -0.159. The average Bonchev–Trinajstić information content (AvgIpc) is 2.64. The quantitative estimate of drug-likeness (QED) is 0.660. The van der Waals surface area contributed by atoms with Crippen LogP contribution in [-0.2, 0) is 20.7 Å². The van der Waals surface area contributed by atoms with E-state index in [1.165, 1.54) is 25.5 Å². The summed E-state index contributed by atoms with van der Waals surface area (Å²) in [5.41, 5.74) is 1.80. The summed E-state index contributed by atoms with van der Waals surface area (Å²) in [4.78, 5) is 24.4. The van der Waals surface area contributed by atoms with Gasteiger partial charge in [-0.25, -0.2) is 4.79 Å². The summed E-state index contributed by atoms with van der Waals surface area (Å²) in [5, 5.41) is 3.45. The molecule has 2 atom stereocenters. The summed E-state index contributed by atoms with van der Waals surface area (Å²) in [6.45, 7) is 5.06. The molecule has 2 rings (SSSR count). The maximum atomic E-state index is 12.2. The number of aryl methyl sites for hydroxylation is 1. The summed E-state index contributed by atoms with van der Waals surface area (Å²) >= 11 is 11.8. The highest BCUT2D eigenvalue weighted by atomic mass is 35.5. The third kappa shape index (κ3) is 6.15. The summed E-state index contributed by atoms with van der Waals surface area (Å²) in [7, 11) is 0. The minimum Gasteiger partial charge on any atom is -0.477 e. The van der Waals surface area contributed by atoms with Crippen LogP contribution in [-0.4, -0.2) is 24.1 Å². The zero-order chi connectivity index (χ0) is 20.0. The summed E-state index contributed by atoms with van der Waals surface area (Å²) in [6, 6.07) is 12.1. The van der Waals surface area contributed by atoms with Gasteiger partial charge < -0.3 is 14.8 Å². The van der Waals surface area contributed by atoms with Crippen LogP contribution in [0.2, 0.25) is 10.0 Å². The van der Waals surface area contributed by atoms with Crippen LogP contribution in [0, 0.1) is 0 Å². The van der Waals surface area contributed by atoms with E-state index in [1.807, 2.05) is 12.1 Å². The molecule has 0 bridgehead atoms. The maximum absolute atomic E-state index is 12.2. The molecule has 5 nitrogen and oxygen atoms in total. The topological polar surface area (TPSA) is 64.6 Å². The van der Waals surface area contributed by atoms with Crippen molar-refractivity contribution in [1.29, 1.82) is 0 Å². The molecule has 0 aliphatic heterocycles. The van der Waals surface area contributed by atoms with E-state index in [2.05, 4.69) is 12.2 Å². The summed E-state index contributed by atoms with van der Waals surface area (Å²) in [6.07, 6.45) is -1.00. The molecule has 27 heavy (non-hydrogen) atoms. The number of ether oxygens (including phenoxy) is 2. The van der Waals surface area contributed by atoms with E-state index in [1.54, 1.807) is 24.3 Å². The first kappa shape index (κ1) is 21.1. The van der Waals surface area contributed by atoms with Crippen molar-refractivity contribution < 1.29 is 19.1 Å². The Kier molecular flexibility index (Phi) is 7.51. The van der Waals surface area contributed by atoms with E-state index in [0.29, 0.717) is 16.5 Å². The van der Waals surface area contributed by atoms with Gasteiger partial charge >= 0.3 is 5.97 Å². The van der Waals surface area contributed by atoms with E-state index in [-0.39, 0.29) is 5.02 Å². The molecule has 7 heteroatoms. The number of anilines is 1. The largest absolute Gasteiger partial charge is 0.477 e. The van der Waals surface area contributed by atoms with E-state index in [0.717, 1.165) is 6.42 Å². The second-order valence-corrected chi connectivity index (χ2v) is 6.80. The lowest BCUT2D eigenvalue weighted by Gasteiger charge is -2.18. The fourth-order valence-electron chi connectivity index (χ4n) is 2.20. The van der Waals surface area contributed by atoms with Gasteiger partial charge in [0.25, 0.3) is 5.91 Å². The normalized spacial score (nSPS) is 12.8. The number of carbonyl (C=O) groups is 2. The zero-order valence-corrected chi connectivity index (χ0v) is 16.8. The smallest absolute Gasteiger partial charge is 0.347 e. The van der Waals surface area contributed by atoms with Gasteiger partial charge in [-0.2, -0.15) is 0 Å². The fourth-order valence-corrected chi connectivity index (χ4v) is 2.65. The number of carbonyl (C=O) groups excluding carboxylic acids is 2. The Morgan fingerprint density at radius 1 is 1.04 bits per heavy atom. The Balaban J connectivity index is 1.89. The molecule has 0 aliphatic rings. The maximum Gasteiger partial charge on any atom is 0.347 e. The number of amides is 1. The molecule has 0 heterocycles. The fraction of sp³-hybridized carbons (Fsp3) is 0.300. The van der Waals surface area contributed by atoms with Crippen LogP contribution in [0.3, 0.4) is 0 Å². The lowest BCUT2D eigenvalue weighted by Crippen LogP contribution is -2.35. The Labute approximate surface area is 168 Å². The number of hydrogen-bond acceptors (Lipinski definition) is 4. The van der Waals surface area contributed by atoms with Crippen LogP contribution < -0.4 is 10.1 Å². The summed E-state index contributed by atoms with van der Waals surface area (Å²) in [5.74, 6) is -0.798. The number of esters is 1. The van der Waals surface area contributed by atoms with Crippen molar-refractivity contribution in [3.8, 4) is 5.75 Å². The SMILES string of the molecule is CCc1ccc(NC(=O)[C@H](C)OC(=O)[C@@H](C)Oc2ccc(Cl)cc2Cl)cc1. The van der Waals surface area contributed by atoms with Gasteiger partial charge in [0.15, 0.2) is 12.2 Å². The van der Waals surface area contributed by atoms with Crippen LogP contribution in [0.4, 0.5) is 5.69 Å². The van der Waals surface area contributed by atoms with E-state index < -0.39 is 24.1 Å². The second kappa shape index (κ2) is 9.62. The first-order valence-electron chi connectivity index (χ1n) is 8.52. The van der Waals surface area contributed by atoms with Crippen molar-refractivity contribution >= 4 is 40.8 Å². The van der Waals surface area contributed by atoms with Crippen molar-refractivity contribution in [2.75, 3.05) is 5.32 Å². The highest BCUT2D eigenvalue weighted by Crippen LogP contribution is 2.28. The number of halogens is 2. The Hall–Kier alpha value is -2.24. The number of rotatable bonds is 7. The predicted molar refractivity (Wildman–Crippen MR) is 107 cm³/mol. The molecule has 0 saturated heterocycles. The molecular weight excluding hydrogens is 389 g/mol. The molecule has 0 radical (unpaired) electrons. The zero-order valence-electron chi connectivity index (χ0n) is 15.3. The molecule has 2 aromatic rings. The predicted octanol–water partition coefficient (Wildman–Crippen LogP) is 4.89. The van der Waals surface area contributed by atoms with Gasteiger partial charge in [-0.1, -0.05) is 42.3 Å². The van der Waals surface area contributed by atoms with Crippen LogP contribution in [0.5, 0.6) is 5.75 Å². The van der Waals surface area contributed by atoms with E-state index in [4.69, 9.17) is 32.7 Å². The van der Waals surface area contributed by atoms with Crippen LogP contribution in [0.15, 0.2) is 42.5 Å². The van der Waals surface area contributed by atoms with E-state index in [9.17, 15) is 9.59 Å². The molecule has 0 unspecified atom stereocenters. The van der Waals surface area contributed by atoms with Crippen molar-refractivity contribution in [2.45, 2.75) is 39.4 Å². The Bertz CT molecular complexity index is 808. The highest BCUT2D eigenvalue weighted by molar-refractivity contribution is 6.35. The van der Waals surface area contributed by atoms with Crippen molar-refractivity contribution in [3.05, 3.63) is 58.1 Å². The molecular formula is C20H21Cl2NO4. The molecule has 0 fully saturated rings. The van der Waals surface area contributed by atoms with Gasteiger partial charge in [0.2, 0.25) is 0 Å². The third-order valence-corrected chi connectivity index (χ3v) is 4.35. The van der Waals surface area contributed by atoms with Gasteiger partial charge in [0, 0.05) is 10.7 Å². The lowest BCUT2D eigenvalue weighted by atomic mass is 10.1. The van der Waals surface area contributed by atoms with Crippen molar-refractivity contribution in [3.63, 3.8) is 0 Å². The third-order valence-electron chi connectivity index (χ3n) is 3.82. The Morgan fingerprint density at radius 2 is 1.70 bits per heavy atom. The number of hydrogen-bond donors (Lipinski definition) is 1. The molecule has 0 saturated carbocycles. The van der Waals surface area contributed by atoms with Crippen molar-refractivity contribution in [1.82, 2.24) is 0 Å². The van der Waals surface area contributed by atoms with Gasteiger partial charge in [-0.3, -0.25) is 4.79 Å². The van der Waals surface area contributed by atoms with Gasteiger partial charge in [0.05, 0.1) is 5.02 Å². The molecule has 1 N–H and O–H groups in total. The first-order valence-corrected chi connectivity index (χ1v) is 9.27. The van der Waals surface area contributed by atoms with Crippen LogP contribution >= 0.6 is 23.2 Å². The Morgan fingerprint density at radius 3 is 2.30 bits per heavy atom. The molecule has 1 amide bonds. The minimum absolute atomic E-state index is 0.281. The average molecular weight is 410 g/mol. The van der Waals surface area contributed by atoms with Gasteiger partial charge in [0.1, 0.15) is 5.75 Å². The molecule has 2 aromatic carbocycles. The standard InChI is InChI=1S/C20H21Cl2NO4/c1-4-14-5-8-16(9-6-14)23-19(24)12(2)27-20(25)13(3)26-18-10-7-15(21)11-17(18)22/h5-13H,4H2,1-3H3,(H,23,24)/t12-,13+/m0/s1. The van der Waals surface area contributed by atoms with Crippen LogP contribution in [0.1, 0.15) is 26.3 Å². The molecule has 0 spiro atoms. The first-order chi connectivity index (χ1) is 12.8. The molecule has 0 aliphatic carbocycles. The van der Waals surface area contributed by atoms with E-state index >= 15 is 0 Å². The molecule has 144 valence electrons. The minimum atomic E-state index is -0.977. The second-order valence-electron chi connectivity index (χ2n) is 5.95. The number of benzene rings is 2. The summed E-state index contributed by atoms with van der Waals surface area (Å²) < 4.78 is 10.7. The van der Waals surface area contributed by atoms with Gasteiger partial charge in [-0.05, 0) is 56.2 Å².